The molecule has 116 valence electrons. The molecule has 22 heavy (non-hydrogen) atoms. The van der Waals surface area contributed by atoms with Crippen LogP contribution in [0.1, 0.15) is 45.6 Å². The Morgan fingerprint density at radius 2 is 1.45 bits per heavy atom. The Bertz CT molecular complexity index is 705. The molecule has 0 saturated carbocycles. The molecule has 2 nitrogen and oxygen atoms in total. The molecule has 0 aliphatic carbocycles. The number of rotatable bonds is 3. The third kappa shape index (κ3) is 3.50. The van der Waals surface area contributed by atoms with Gasteiger partial charge in [0.15, 0.2) is 0 Å². The minimum atomic E-state index is -0.764. The lowest BCUT2D eigenvalue weighted by atomic mass is 9.96. The molecular formula is C18H19F2NO. The average Bonchev–Trinajstić information content (AvgIpc) is 2.41. The van der Waals surface area contributed by atoms with Gasteiger partial charge in [-0.05, 0) is 62.1 Å². The molecule has 4 heteroatoms. The maximum Gasteiger partial charge on any atom is 0.251 e. The molecular weight excluding hydrogens is 284 g/mol. The molecule has 0 saturated heterocycles. The largest absolute Gasteiger partial charge is 0.346 e. The smallest absolute Gasteiger partial charge is 0.251 e. The van der Waals surface area contributed by atoms with Crippen LogP contribution in [-0.2, 0) is 0 Å². The topological polar surface area (TPSA) is 29.1 Å². The van der Waals surface area contributed by atoms with E-state index in [1.54, 1.807) is 0 Å². The van der Waals surface area contributed by atoms with Crippen LogP contribution in [0.2, 0.25) is 0 Å². The molecule has 2 aromatic rings. The summed E-state index contributed by atoms with van der Waals surface area (Å²) < 4.78 is 26.4. The van der Waals surface area contributed by atoms with Gasteiger partial charge in [0.1, 0.15) is 11.6 Å². The minimum absolute atomic E-state index is 0.0224. The standard InChI is InChI=1S/C18H19F2NO/c1-10-5-12(3)17(6-11(10)2)13(4)21-18(22)14-7-15(19)9-16(20)8-14/h5-9,13H,1-4H3,(H,21,22). The molecule has 0 spiro atoms. The van der Waals surface area contributed by atoms with Crippen LogP contribution in [0.4, 0.5) is 8.78 Å². The summed E-state index contributed by atoms with van der Waals surface area (Å²) in [5, 5.41) is 2.78. The SMILES string of the molecule is Cc1cc(C)c(C(C)NC(=O)c2cc(F)cc(F)c2)cc1C. The van der Waals surface area contributed by atoms with Crippen LogP contribution in [0, 0.1) is 32.4 Å². The lowest BCUT2D eigenvalue weighted by Crippen LogP contribution is -2.27. The first kappa shape index (κ1) is 16.1. The van der Waals surface area contributed by atoms with Gasteiger partial charge in [0, 0.05) is 11.6 Å². The van der Waals surface area contributed by atoms with Crippen LogP contribution < -0.4 is 5.32 Å². The van der Waals surface area contributed by atoms with Gasteiger partial charge in [0.25, 0.3) is 5.91 Å². The van der Waals surface area contributed by atoms with E-state index in [2.05, 4.69) is 11.4 Å². The van der Waals surface area contributed by atoms with Gasteiger partial charge in [0.2, 0.25) is 0 Å². The Hall–Kier alpha value is -2.23. The molecule has 0 radical (unpaired) electrons. The third-order valence-corrected chi connectivity index (χ3v) is 3.82. The van der Waals surface area contributed by atoms with Gasteiger partial charge in [-0.3, -0.25) is 4.79 Å². The van der Waals surface area contributed by atoms with E-state index in [0.29, 0.717) is 0 Å². The predicted molar refractivity (Wildman–Crippen MR) is 82.9 cm³/mol. The maximum atomic E-state index is 13.2. The molecule has 1 atom stereocenters. The summed E-state index contributed by atoms with van der Waals surface area (Å²) in [6.45, 7) is 7.87. The Morgan fingerprint density at radius 3 is 2.05 bits per heavy atom. The molecule has 0 aliphatic rings. The van der Waals surface area contributed by atoms with E-state index in [1.807, 2.05) is 33.8 Å². The fourth-order valence-corrected chi connectivity index (χ4v) is 2.49. The number of halogens is 2. The molecule has 0 fully saturated rings. The Balaban J connectivity index is 2.23. The van der Waals surface area contributed by atoms with Gasteiger partial charge in [-0.1, -0.05) is 12.1 Å². The van der Waals surface area contributed by atoms with E-state index in [0.717, 1.165) is 34.9 Å². The molecule has 0 aliphatic heterocycles. The summed E-state index contributed by atoms with van der Waals surface area (Å²) in [6, 6.07) is 6.64. The van der Waals surface area contributed by atoms with Crippen LogP contribution in [0.5, 0.6) is 0 Å². The first-order chi connectivity index (χ1) is 10.3. The third-order valence-electron chi connectivity index (χ3n) is 3.82. The van der Waals surface area contributed by atoms with Crippen LogP contribution in [0.15, 0.2) is 30.3 Å². The molecule has 0 aromatic heterocycles. The fourth-order valence-electron chi connectivity index (χ4n) is 2.49. The second-order valence-electron chi connectivity index (χ2n) is 5.65. The van der Waals surface area contributed by atoms with Gasteiger partial charge in [-0.2, -0.15) is 0 Å². The Morgan fingerprint density at radius 1 is 0.909 bits per heavy atom. The molecule has 0 bridgehead atoms. The number of hydrogen-bond donors (Lipinski definition) is 1. The molecule has 1 amide bonds. The van der Waals surface area contributed by atoms with Crippen molar-refractivity contribution in [1.82, 2.24) is 5.32 Å². The van der Waals surface area contributed by atoms with Crippen molar-refractivity contribution in [2.45, 2.75) is 33.7 Å². The number of aryl methyl sites for hydroxylation is 3. The number of carbonyl (C=O) groups is 1. The Kier molecular flexibility index (Phi) is 4.59. The highest BCUT2D eigenvalue weighted by Crippen LogP contribution is 2.22. The number of carbonyl (C=O) groups excluding carboxylic acids is 1. The van der Waals surface area contributed by atoms with Crippen molar-refractivity contribution in [3.8, 4) is 0 Å². The van der Waals surface area contributed by atoms with E-state index in [4.69, 9.17) is 0 Å². The highest BCUT2D eigenvalue weighted by molar-refractivity contribution is 5.94. The van der Waals surface area contributed by atoms with Crippen molar-refractivity contribution in [2.24, 2.45) is 0 Å². The van der Waals surface area contributed by atoms with Gasteiger partial charge in [-0.15, -0.1) is 0 Å². The lowest BCUT2D eigenvalue weighted by molar-refractivity contribution is 0.0939. The summed E-state index contributed by atoms with van der Waals surface area (Å²) in [5.41, 5.74) is 4.37. The van der Waals surface area contributed by atoms with E-state index in [-0.39, 0.29) is 11.6 Å². The second-order valence-corrected chi connectivity index (χ2v) is 5.65. The summed E-state index contributed by atoms with van der Waals surface area (Å²) in [4.78, 5) is 12.2. The molecule has 2 aromatic carbocycles. The van der Waals surface area contributed by atoms with Gasteiger partial charge < -0.3 is 5.32 Å². The van der Waals surface area contributed by atoms with Crippen LogP contribution in [0.25, 0.3) is 0 Å². The van der Waals surface area contributed by atoms with Crippen molar-refractivity contribution in [1.29, 1.82) is 0 Å². The zero-order valence-electron chi connectivity index (χ0n) is 13.1. The first-order valence-corrected chi connectivity index (χ1v) is 7.12. The van der Waals surface area contributed by atoms with Crippen LogP contribution >= 0.6 is 0 Å². The van der Waals surface area contributed by atoms with E-state index >= 15 is 0 Å². The van der Waals surface area contributed by atoms with E-state index < -0.39 is 17.5 Å². The zero-order valence-corrected chi connectivity index (χ0v) is 13.1. The normalized spacial score (nSPS) is 12.1. The van der Waals surface area contributed by atoms with Crippen LogP contribution in [0.3, 0.4) is 0 Å². The number of hydrogen-bond acceptors (Lipinski definition) is 1. The zero-order chi connectivity index (χ0) is 16.4. The van der Waals surface area contributed by atoms with E-state index in [1.165, 1.54) is 5.56 Å². The molecule has 0 heterocycles. The molecule has 2 rings (SSSR count). The van der Waals surface area contributed by atoms with Crippen molar-refractivity contribution in [3.63, 3.8) is 0 Å². The first-order valence-electron chi connectivity index (χ1n) is 7.12. The van der Waals surface area contributed by atoms with Gasteiger partial charge in [0.05, 0.1) is 6.04 Å². The van der Waals surface area contributed by atoms with Crippen molar-refractivity contribution >= 4 is 5.91 Å². The van der Waals surface area contributed by atoms with Gasteiger partial charge in [-0.25, -0.2) is 8.78 Å². The maximum absolute atomic E-state index is 13.2. The highest BCUT2D eigenvalue weighted by atomic mass is 19.1. The lowest BCUT2D eigenvalue weighted by Gasteiger charge is -2.18. The highest BCUT2D eigenvalue weighted by Gasteiger charge is 2.15. The minimum Gasteiger partial charge on any atom is -0.346 e. The molecule has 1 unspecified atom stereocenters. The average molecular weight is 303 g/mol. The number of benzene rings is 2. The monoisotopic (exact) mass is 303 g/mol. The summed E-state index contributed by atoms with van der Waals surface area (Å²) in [5.74, 6) is -2.02. The Labute approximate surface area is 129 Å². The van der Waals surface area contributed by atoms with E-state index in [9.17, 15) is 13.6 Å². The summed E-state index contributed by atoms with van der Waals surface area (Å²) >= 11 is 0. The van der Waals surface area contributed by atoms with Crippen molar-refractivity contribution in [2.75, 3.05) is 0 Å². The van der Waals surface area contributed by atoms with Gasteiger partial charge >= 0.3 is 0 Å². The summed E-state index contributed by atoms with van der Waals surface area (Å²) in [6.07, 6.45) is 0. The predicted octanol–water partition coefficient (Wildman–Crippen LogP) is 4.38. The quantitative estimate of drug-likeness (QED) is 0.895. The summed E-state index contributed by atoms with van der Waals surface area (Å²) in [7, 11) is 0. The number of nitrogens with one attached hydrogen (secondary N) is 1. The van der Waals surface area contributed by atoms with Crippen molar-refractivity contribution in [3.05, 3.63) is 69.8 Å². The second kappa shape index (κ2) is 6.26. The van der Waals surface area contributed by atoms with Crippen LogP contribution in [-0.4, -0.2) is 5.91 Å². The fraction of sp³-hybridized carbons (Fsp3) is 0.278. The molecule has 1 N–H and O–H groups in total. The van der Waals surface area contributed by atoms with Crippen molar-refractivity contribution < 1.29 is 13.6 Å². The number of amides is 1.